The van der Waals surface area contributed by atoms with Crippen LogP contribution in [0.2, 0.25) is 0 Å². The Bertz CT molecular complexity index is 382. The summed E-state index contributed by atoms with van der Waals surface area (Å²) in [5.41, 5.74) is 1.36. The van der Waals surface area contributed by atoms with E-state index in [0.29, 0.717) is 18.7 Å². The Morgan fingerprint density at radius 2 is 2.28 bits per heavy atom. The number of nitrogens with one attached hydrogen (secondary N) is 1. The molecule has 100 valence electrons. The fourth-order valence-electron chi connectivity index (χ4n) is 1.68. The summed E-state index contributed by atoms with van der Waals surface area (Å²) in [6.45, 7) is 5.67. The van der Waals surface area contributed by atoms with Gasteiger partial charge in [-0.1, -0.05) is 6.92 Å². The van der Waals surface area contributed by atoms with Crippen LogP contribution in [-0.2, 0) is 0 Å². The van der Waals surface area contributed by atoms with Crippen LogP contribution >= 0.6 is 0 Å². The van der Waals surface area contributed by atoms with Crippen molar-refractivity contribution in [1.29, 1.82) is 0 Å². The van der Waals surface area contributed by atoms with E-state index in [1.54, 1.807) is 23.4 Å². The van der Waals surface area contributed by atoms with Gasteiger partial charge >= 0.3 is 0 Å². The zero-order valence-corrected chi connectivity index (χ0v) is 11.0. The highest BCUT2D eigenvalue weighted by Gasteiger charge is 2.16. The van der Waals surface area contributed by atoms with Crippen LogP contribution in [0.3, 0.4) is 0 Å². The second-order valence-corrected chi connectivity index (χ2v) is 3.96. The van der Waals surface area contributed by atoms with E-state index in [1.807, 2.05) is 6.92 Å². The van der Waals surface area contributed by atoms with Crippen LogP contribution in [0.4, 0.5) is 5.69 Å². The molecule has 0 radical (unpaired) electrons. The molecule has 0 aromatic carbocycles. The first-order valence-corrected chi connectivity index (χ1v) is 6.32. The normalized spacial score (nSPS) is 10.2. The number of pyridine rings is 1. The van der Waals surface area contributed by atoms with Gasteiger partial charge in [-0.3, -0.25) is 9.78 Å². The Morgan fingerprint density at radius 3 is 2.89 bits per heavy atom. The number of aromatic nitrogens is 1. The number of amides is 1. The second-order valence-electron chi connectivity index (χ2n) is 3.96. The monoisotopic (exact) mass is 251 g/mol. The number of aliphatic hydroxyl groups excluding tert-OH is 1. The molecule has 1 aromatic heterocycles. The maximum atomic E-state index is 12.3. The van der Waals surface area contributed by atoms with Crippen LogP contribution in [0.15, 0.2) is 18.5 Å². The zero-order chi connectivity index (χ0) is 13.4. The van der Waals surface area contributed by atoms with Crippen molar-refractivity contribution in [2.45, 2.75) is 20.3 Å². The van der Waals surface area contributed by atoms with E-state index in [4.69, 9.17) is 5.11 Å². The molecule has 0 fully saturated rings. The first-order valence-electron chi connectivity index (χ1n) is 6.32. The lowest BCUT2D eigenvalue weighted by Gasteiger charge is -2.21. The molecule has 5 nitrogen and oxygen atoms in total. The number of carbonyl (C=O) groups excluding carboxylic acids is 1. The van der Waals surface area contributed by atoms with Gasteiger partial charge in [0.15, 0.2) is 0 Å². The summed E-state index contributed by atoms with van der Waals surface area (Å²) < 4.78 is 0. The van der Waals surface area contributed by atoms with Crippen molar-refractivity contribution in [2.75, 3.05) is 31.6 Å². The van der Waals surface area contributed by atoms with Crippen LogP contribution in [0.5, 0.6) is 0 Å². The van der Waals surface area contributed by atoms with Crippen LogP contribution in [0.25, 0.3) is 0 Å². The largest absolute Gasteiger partial charge is 0.395 e. The predicted molar refractivity (Wildman–Crippen MR) is 71.7 cm³/mol. The summed E-state index contributed by atoms with van der Waals surface area (Å²) in [6, 6.07) is 1.71. The number of hydrogen-bond acceptors (Lipinski definition) is 4. The van der Waals surface area contributed by atoms with Crippen molar-refractivity contribution in [3.05, 3.63) is 24.0 Å². The number of likely N-dealkylation sites (N-methyl/N-ethyl adjacent to an activating group) is 1. The van der Waals surface area contributed by atoms with E-state index in [0.717, 1.165) is 18.7 Å². The minimum atomic E-state index is -0.0763. The molecule has 5 heteroatoms. The number of rotatable bonds is 7. The van der Waals surface area contributed by atoms with Crippen LogP contribution in [0, 0.1) is 0 Å². The zero-order valence-electron chi connectivity index (χ0n) is 11.0. The van der Waals surface area contributed by atoms with E-state index in [-0.39, 0.29) is 12.5 Å². The molecule has 0 spiro atoms. The summed E-state index contributed by atoms with van der Waals surface area (Å²) in [5, 5.41) is 12.1. The summed E-state index contributed by atoms with van der Waals surface area (Å²) in [5.74, 6) is -0.0763. The molecule has 0 bridgehead atoms. The third kappa shape index (κ3) is 3.70. The standard InChI is InChI=1S/C13H21N3O2/c1-3-6-15-12-10-14-7-5-11(12)13(18)16(4-2)8-9-17/h5,7,10,15,17H,3-4,6,8-9H2,1-2H3. The smallest absolute Gasteiger partial charge is 0.256 e. The molecule has 0 unspecified atom stereocenters. The fraction of sp³-hybridized carbons (Fsp3) is 0.538. The quantitative estimate of drug-likeness (QED) is 0.768. The molecule has 0 saturated heterocycles. The van der Waals surface area contributed by atoms with Crippen molar-refractivity contribution >= 4 is 11.6 Å². The maximum absolute atomic E-state index is 12.3. The highest BCUT2D eigenvalue weighted by Crippen LogP contribution is 2.15. The van der Waals surface area contributed by atoms with Gasteiger partial charge in [0.25, 0.3) is 5.91 Å². The first-order chi connectivity index (χ1) is 8.74. The van der Waals surface area contributed by atoms with Gasteiger partial charge in [-0.25, -0.2) is 0 Å². The maximum Gasteiger partial charge on any atom is 0.256 e. The summed E-state index contributed by atoms with van der Waals surface area (Å²) in [7, 11) is 0. The molecule has 1 amide bonds. The molecule has 0 aliphatic rings. The Hall–Kier alpha value is -1.62. The molecule has 0 saturated carbocycles. The molecule has 0 aliphatic heterocycles. The van der Waals surface area contributed by atoms with E-state index in [9.17, 15) is 4.79 Å². The van der Waals surface area contributed by atoms with E-state index >= 15 is 0 Å². The summed E-state index contributed by atoms with van der Waals surface area (Å²) in [6.07, 6.45) is 4.25. The number of anilines is 1. The van der Waals surface area contributed by atoms with Gasteiger partial charge in [0.1, 0.15) is 0 Å². The molecule has 1 heterocycles. The number of nitrogens with zero attached hydrogens (tertiary/aromatic N) is 2. The Balaban J connectivity index is 2.89. The van der Waals surface area contributed by atoms with Gasteiger partial charge in [-0.2, -0.15) is 0 Å². The number of hydrogen-bond donors (Lipinski definition) is 2. The predicted octanol–water partition coefficient (Wildman–Crippen LogP) is 1.36. The van der Waals surface area contributed by atoms with Gasteiger partial charge in [-0.15, -0.1) is 0 Å². The molecular formula is C13H21N3O2. The highest BCUT2D eigenvalue weighted by atomic mass is 16.3. The Labute approximate surface area is 108 Å². The SMILES string of the molecule is CCCNc1cnccc1C(=O)N(CC)CCO. The van der Waals surface area contributed by atoms with E-state index in [1.165, 1.54) is 0 Å². The average molecular weight is 251 g/mol. The Morgan fingerprint density at radius 1 is 1.50 bits per heavy atom. The van der Waals surface area contributed by atoms with Crippen molar-refractivity contribution < 1.29 is 9.90 Å². The van der Waals surface area contributed by atoms with Crippen LogP contribution < -0.4 is 5.32 Å². The summed E-state index contributed by atoms with van der Waals surface area (Å²) >= 11 is 0. The van der Waals surface area contributed by atoms with E-state index in [2.05, 4.69) is 17.2 Å². The van der Waals surface area contributed by atoms with Gasteiger partial charge in [-0.05, 0) is 19.4 Å². The van der Waals surface area contributed by atoms with Crippen LogP contribution in [-0.4, -0.2) is 47.1 Å². The topological polar surface area (TPSA) is 65.5 Å². The van der Waals surface area contributed by atoms with Crippen molar-refractivity contribution in [3.8, 4) is 0 Å². The van der Waals surface area contributed by atoms with Gasteiger partial charge in [0.2, 0.25) is 0 Å². The number of aliphatic hydroxyl groups is 1. The van der Waals surface area contributed by atoms with Crippen molar-refractivity contribution in [2.24, 2.45) is 0 Å². The molecule has 1 rings (SSSR count). The van der Waals surface area contributed by atoms with Gasteiger partial charge in [0.05, 0.1) is 24.1 Å². The van der Waals surface area contributed by atoms with Crippen molar-refractivity contribution in [1.82, 2.24) is 9.88 Å². The Kier molecular flexibility index (Phi) is 6.14. The first kappa shape index (κ1) is 14.4. The van der Waals surface area contributed by atoms with Gasteiger partial charge < -0.3 is 15.3 Å². The highest BCUT2D eigenvalue weighted by molar-refractivity contribution is 5.99. The third-order valence-corrected chi connectivity index (χ3v) is 2.66. The molecule has 0 atom stereocenters. The lowest BCUT2D eigenvalue weighted by molar-refractivity contribution is 0.0733. The third-order valence-electron chi connectivity index (χ3n) is 2.66. The molecule has 0 aliphatic carbocycles. The second kappa shape index (κ2) is 7.66. The molecule has 1 aromatic rings. The molecular weight excluding hydrogens is 230 g/mol. The molecule has 18 heavy (non-hydrogen) atoms. The fourth-order valence-corrected chi connectivity index (χ4v) is 1.68. The van der Waals surface area contributed by atoms with Crippen LogP contribution in [0.1, 0.15) is 30.6 Å². The average Bonchev–Trinajstić information content (AvgIpc) is 2.42. The minimum Gasteiger partial charge on any atom is -0.395 e. The minimum absolute atomic E-state index is 0.0254. The lowest BCUT2D eigenvalue weighted by Crippen LogP contribution is -2.33. The summed E-state index contributed by atoms with van der Waals surface area (Å²) in [4.78, 5) is 17.9. The van der Waals surface area contributed by atoms with Crippen molar-refractivity contribution in [3.63, 3.8) is 0 Å². The lowest BCUT2D eigenvalue weighted by atomic mass is 10.2. The molecule has 2 N–H and O–H groups in total. The van der Waals surface area contributed by atoms with Gasteiger partial charge in [0, 0.05) is 25.8 Å². The van der Waals surface area contributed by atoms with E-state index < -0.39 is 0 Å². The number of carbonyl (C=O) groups is 1.